The first-order valence-corrected chi connectivity index (χ1v) is 4.65. The highest BCUT2D eigenvalue weighted by molar-refractivity contribution is 7.16. The molecule has 0 amide bonds. The Balaban J connectivity index is 2.33. The van der Waals surface area contributed by atoms with Crippen LogP contribution < -0.4 is 5.32 Å². The molecule has 4 heteroatoms. The lowest BCUT2D eigenvalue weighted by molar-refractivity contribution is 1.17. The maximum Gasteiger partial charge on any atom is 0.224 e. The normalized spacial score (nSPS) is 9.77. The van der Waals surface area contributed by atoms with Gasteiger partial charge in [0.25, 0.3) is 0 Å². The molecule has 2 aromatic heterocycles. The van der Waals surface area contributed by atoms with Crippen molar-refractivity contribution in [3.8, 4) is 12.3 Å². The van der Waals surface area contributed by atoms with Crippen LogP contribution >= 0.6 is 11.3 Å². The van der Waals surface area contributed by atoms with Gasteiger partial charge >= 0.3 is 0 Å². The van der Waals surface area contributed by atoms with Crippen molar-refractivity contribution < 1.29 is 0 Å². The molecule has 0 saturated carbocycles. The van der Waals surface area contributed by atoms with Crippen LogP contribution in [0.4, 0.5) is 5.95 Å². The van der Waals surface area contributed by atoms with Crippen molar-refractivity contribution >= 4 is 27.5 Å². The number of anilines is 1. The Morgan fingerprint density at radius 3 is 3.38 bits per heavy atom. The van der Waals surface area contributed by atoms with Crippen molar-refractivity contribution in [3.05, 3.63) is 17.6 Å². The summed E-state index contributed by atoms with van der Waals surface area (Å²) in [4.78, 5) is 9.36. The third kappa shape index (κ3) is 1.60. The number of hydrogen-bond donors (Lipinski definition) is 1. The van der Waals surface area contributed by atoms with E-state index < -0.39 is 0 Å². The zero-order valence-electron chi connectivity index (χ0n) is 6.82. The van der Waals surface area contributed by atoms with Gasteiger partial charge in [-0.3, -0.25) is 0 Å². The van der Waals surface area contributed by atoms with Crippen molar-refractivity contribution in [1.29, 1.82) is 0 Å². The number of terminal acetylenes is 1. The quantitative estimate of drug-likeness (QED) is 0.731. The van der Waals surface area contributed by atoms with Crippen LogP contribution in [-0.4, -0.2) is 16.5 Å². The third-order valence-electron chi connectivity index (χ3n) is 1.56. The average molecular weight is 189 g/mol. The number of hydrogen-bond acceptors (Lipinski definition) is 4. The number of nitrogens with one attached hydrogen (secondary N) is 1. The summed E-state index contributed by atoms with van der Waals surface area (Å²) in [6, 6.07) is 1.99. The molecule has 0 aliphatic rings. The highest BCUT2D eigenvalue weighted by Crippen LogP contribution is 2.18. The first kappa shape index (κ1) is 8.02. The number of nitrogens with zero attached hydrogens (tertiary/aromatic N) is 2. The van der Waals surface area contributed by atoms with E-state index in [-0.39, 0.29) is 0 Å². The lowest BCUT2D eigenvalue weighted by Gasteiger charge is -1.98. The lowest BCUT2D eigenvalue weighted by Crippen LogP contribution is -2.02. The maximum atomic E-state index is 5.10. The topological polar surface area (TPSA) is 37.8 Å². The molecule has 0 fully saturated rings. The van der Waals surface area contributed by atoms with Crippen LogP contribution in [0.2, 0.25) is 0 Å². The minimum atomic E-state index is 0.455. The Kier molecular flexibility index (Phi) is 2.11. The van der Waals surface area contributed by atoms with E-state index in [1.54, 1.807) is 17.5 Å². The molecule has 0 saturated heterocycles. The molecule has 0 radical (unpaired) electrons. The average Bonchev–Trinajstić information content (AvgIpc) is 2.61. The van der Waals surface area contributed by atoms with Gasteiger partial charge in [0.1, 0.15) is 4.83 Å². The van der Waals surface area contributed by atoms with Crippen molar-refractivity contribution in [2.24, 2.45) is 0 Å². The molecule has 64 valence electrons. The molecule has 0 aliphatic heterocycles. The highest BCUT2D eigenvalue weighted by atomic mass is 32.1. The molecule has 0 spiro atoms. The molecule has 3 nitrogen and oxygen atoms in total. The van der Waals surface area contributed by atoms with E-state index in [4.69, 9.17) is 6.42 Å². The van der Waals surface area contributed by atoms with E-state index in [9.17, 15) is 0 Å². The van der Waals surface area contributed by atoms with Gasteiger partial charge in [0, 0.05) is 11.6 Å². The largest absolute Gasteiger partial charge is 0.343 e. The van der Waals surface area contributed by atoms with Crippen LogP contribution in [0, 0.1) is 12.3 Å². The van der Waals surface area contributed by atoms with E-state index >= 15 is 0 Å². The lowest BCUT2D eigenvalue weighted by atomic mass is 10.4. The SMILES string of the molecule is C#CCNc1ncc2ccsc2n1. The Bertz CT molecular complexity index is 455. The van der Waals surface area contributed by atoms with E-state index in [1.165, 1.54) is 0 Å². The fourth-order valence-electron chi connectivity index (χ4n) is 0.971. The Labute approximate surface area is 79.8 Å². The predicted octanol–water partition coefficient (Wildman–Crippen LogP) is 1.74. The second kappa shape index (κ2) is 3.42. The molecule has 13 heavy (non-hydrogen) atoms. The van der Waals surface area contributed by atoms with E-state index in [0.29, 0.717) is 12.5 Å². The zero-order chi connectivity index (χ0) is 9.10. The molecule has 2 rings (SSSR count). The minimum Gasteiger partial charge on any atom is -0.343 e. The molecule has 0 aromatic carbocycles. The van der Waals surface area contributed by atoms with Crippen LogP contribution in [0.25, 0.3) is 10.2 Å². The van der Waals surface area contributed by atoms with E-state index in [2.05, 4.69) is 21.2 Å². The summed E-state index contributed by atoms with van der Waals surface area (Å²) in [7, 11) is 0. The summed E-state index contributed by atoms with van der Waals surface area (Å²) < 4.78 is 0. The van der Waals surface area contributed by atoms with Gasteiger partial charge in [0.05, 0.1) is 6.54 Å². The van der Waals surface area contributed by atoms with Gasteiger partial charge in [-0.05, 0) is 11.4 Å². The highest BCUT2D eigenvalue weighted by Gasteiger charge is 1.98. The van der Waals surface area contributed by atoms with Crippen LogP contribution in [0.1, 0.15) is 0 Å². The van der Waals surface area contributed by atoms with Crippen molar-refractivity contribution in [1.82, 2.24) is 9.97 Å². The summed E-state index contributed by atoms with van der Waals surface area (Å²) in [6.07, 6.45) is 6.89. The maximum absolute atomic E-state index is 5.10. The van der Waals surface area contributed by atoms with Gasteiger partial charge in [0.15, 0.2) is 0 Å². The van der Waals surface area contributed by atoms with Gasteiger partial charge in [0.2, 0.25) is 5.95 Å². The Morgan fingerprint density at radius 2 is 2.54 bits per heavy atom. The Morgan fingerprint density at radius 1 is 1.62 bits per heavy atom. The second-order valence-electron chi connectivity index (χ2n) is 2.43. The standard InChI is InChI=1S/C9H7N3S/c1-2-4-10-9-11-6-7-3-5-13-8(7)12-9/h1,3,5-6H,4H2,(H,10,11,12). The molecular weight excluding hydrogens is 182 g/mol. The predicted molar refractivity (Wildman–Crippen MR) is 54.7 cm³/mol. The summed E-state index contributed by atoms with van der Waals surface area (Å²) in [5.74, 6) is 3.06. The first-order chi connectivity index (χ1) is 6.40. The van der Waals surface area contributed by atoms with Gasteiger partial charge in [-0.2, -0.15) is 0 Å². The monoisotopic (exact) mass is 189 g/mol. The molecule has 2 aromatic rings. The number of rotatable bonds is 2. The second-order valence-corrected chi connectivity index (χ2v) is 3.33. The smallest absolute Gasteiger partial charge is 0.224 e. The fourth-order valence-corrected chi connectivity index (χ4v) is 1.71. The summed E-state index contributed by atoms with van der Waals surface area (Å²) in [6.45, 7) is 0.455. The van der Waals surface area contributed by atoms with E-state index in [0.717, 1.165) is 10.2 Å². The van der Waals surface area contributed by atoms with Crippen LogP contribution in [-0.2, 0) is 0 Å². The van der Waals surface area contributed by atoms with Crippen molar-refractivity contribution in [2.45, 2.75) is 0 Å². The number of thiophene rings is 1. The van der Waals surface area contributed by atoms with Gasteiger partial charge in [-0.1, -0.05) is 5.92 Å². The van der Waals surface area contributed by atoms with Crippen LogP contribution in [0.15, 0.2) is 17.6 Å². The molecular formula is C9H7N3S. The Hall–Kier alpha value is -1.60. The summed E-state index contributed by atoms with van der Waals surface area (Å²) in [5.41, 5.74) is 0. The van der Waals surface area contributed by atoms with Gasteiger partial charge < -0.3 is 5.32 Å². The molecule has 2 heterocycles. The molecule has 0 aliphatic carbocycles. The third-order valence-corrected chi connectivity index (χ3v) is 2.38. The van der Waals surface area contributed by atoms with Crippen molar-refractivity contribution in [3.63, 3.8) is 0 Å². The van der Waals surface area contributed by atoms with Gasteiger partial charge in [-0.25, -0.2) is 9.97 Å². The molecule has 0 bridgehead atoms. The van der Waals surface area contributed by atoms with E-state index in [1.807, 2.05) is 11.4 Å². The van der Waals surface area contributed by atoms with Crippen molar-refractivity contribution in [2.75, 3.05) is 11.9 Å². The first-order valence-electron chi connectivity index (χ1n) is 3.78. The summed E-state index contributed by atoms with van der Waals surface area (Å²) >= 11 is 1.59. The molecule has 0 unspecified atom stereocenters. The fraction of sp³-hybridized carbons (Fsp3) is 0.111. The molecule has 0 atom stereocenters. The zero-order valence-corrected chi connectivity index (χ0v) is 7.64. The number of aromatic nitrogens is 2. The number of fused-ring (bicyclic) bond motifs is 1. The van der Waals surface area contributed by atoms with Crippen LogP contribution in [0.3, 0.4) is 0 Å². The summed E-state index contributed by atoms with van der Waals surface area (Å²) in [5, 5.41) is 5.98. The molecule has 1 N–H and O–H groups in total. The minimum absolute atomic E-state index is 0.455. The van der Waals surface area contributed by atoms with Crippen LogP contribution in [0.5, 0.6) is 0 Å². The van der Waals surface area contributed by atoms with Gasteiger partial charge in [-0.15, -0.1) is 17.8 Å².